The van der Waals surface area contributed by atoms with Gasteiger partial charge in [0.15, 0.2) is 0 Å². The minimum Gasteiger partial charge on any atom is -0.369 e. The molecule has 4 aliphatic rings. The number of carbonyl (C=O) groups is 2. The zero-order valence-electron chi connectivity index (χ0n) is 14.4. The van der Waals surface area contributed by atoms with Gasteiger partial charge >= 0.3 is 0 Å². The van der Waals surface area contributed by atoms with E-state index in [0.29, 0.717) is 30.2 Å². The van der Waals surface area contributed by atoms with Crippen LogP contribution in [0.5, 0.6) is 0 Å². The van der Waals surface area contributed by atoms with Crippen LogP contribution in [0, 0.1) is 34.5 Å². The molecule has 3 aliphatic carbocycles. The molecule has 1 aliphatic heterocycles. The van der Waals surface area contributed by atoms with E-state index in [4.69, 9.17) is 5.73 Å². The van der Waals surface area contributed by atoms with E-state index in [-0.39, 0.29) is 28.6 Å². The van der Waals surface area contributed by atoms with Gasteiger partial charge in [0.05, 0.1) is 0 Å². The van der Waals surface area contributed by atoms with Crippen molar-refractivity contribution in [3.8, 4) is 0 Å². The van der Waals surface area contributed by atoms with Crippen LogP contribution in [0.1, 0.15) is 65.2 Å². The number of carbonyl (C=O) groups excluding carboxylic acids is 2. The van der Waals surface area contributed by atoms with Gasteiger partial charge in [-0.1, -0.05) is 13.8 Å². The Bertz CT molecular complexity index is 547. The number of piperidine rings is 1. The summed E-state index contributed by atoms with van der Waals surface area (Å²) >= 11 is 0. The van der Waals surface area contributed by atoms with E-state index in [1.807, 2.05) is 0 Å². The number of hydrogen-bond donors (Lipinski definition) is 2. The Kier molecular flexibility index (Phi) is 3.34. The van der Waals surface area contributed by atoms with E-state index < -0.39 is 0 Å². The van der Waals surface area contributed by atoms with Crippen molar-refractivity contribution < 1.29 is 9.59 Å². The highest BCUT2D eigenvalue weighted by atomic mass is 16.2. The van der Waals surface area contributed by atoms with Gasteiger partial charge < -0.3 is 11.1 Å². The van der Waals surface area contributed by atoms with Gasteiger partial charge in [-0.3, -0.25) is 9.59 Å². The molecular weight excluding hydrogens is 288 g/mol. The highest BCUT2D eigenvalue weighted by molar-refractivity contribution is 5.78. The SMILES string of the molecule is C[C@]12CCC(=O)N[C@@H]1CC[C@@H]1[C@@H]2CC[C@]2(C)[C@@H](C(N)=O)CC[C@@H]12. The maximum absolute atomic E-state index is 11.9. The van der Waals surface area contributed by atoms with Gasteiger partial charge in [0.1, 0.15) is 0 Å². The summed E-state index contributed by atoms with van der Waals surface area (Å²) in [5.41, 5.74) is 6.09. The van der Waals surface area contributed by atoms with Gasteiger partial charge in [-0.15, -0.1) is 0 Å². The molecule has 128 valence electrons. The predicted molar refractivity (Wildman–Crippen MR) is 88.2 cm³/mol. The lowest BCUT2D eigenvalue weighted by atomic mass is 9.47. The normalized spacial score (nSPS) is 52.1. The Hall–Kier alpha value is -1.06. The van der Waals surface area contributed by atoms with Gasteiger partial charge in [0.25, 0.3) is 0 Å². The van der Waals surface area contributed by atoms with Crippen LogP contribution in [-0.4, -0.2) is 17.9 Å². The summed E-state index contributed by atoms with van der Waals surface area (Å²) in [5.74, 6) is 2.29. The summed E-state index contributed by atoms with van der Waals surface area (Å²) in [6.07, 6.45) is 8.51. The molecule has 4 rings (SSSR count). The first-order valence-electron chi connectivity index (χ1n) is 9.45. The second-order valence-electron chi connectivity index (χ2n) is 9.16. The molecule has 4 heteroatoms. The highest BCUT2D eigenvalue weighted by Crippen LogP contribution is 2.65. The van der Waals surface area contributed by atoms with E-state index in [2.05, 4.69) is 19.2 Å². The first-order chi connectivity index (χ1) is 10.9. The fraction of sp³-hybridized carbons (Fsp3) is 0.895. The van der Waals surface area contributed by atoms with Crippen LogP contribution in [0.4, 0.5) is 0 Å². The first-order valence-corrected chi connectivity index (χ1v) is 9.45. The second-order valence-corrected chi connectivity index (χ2v) is 9.16. The maximum atomic E-state index is 11.9. The third kappa shape index (κ3) is 2.02. The van der Waals surface area contributed by atoms with Gasteiger partial charge in [-0.2, -0.15) is 0 Å². The van der Waals surface area contributed by atoms with Gasteiger partial charge in [-0.05, 0) is 73.5 Å². The fourth-order valence-electron chi connectivity index (χ4n) is 7.17. The molecule has 1 heterocycles. The van der Waals surface area contributed by atoms with Crippen molar-refractivity contribution in [1.82, 2.24) is 5.32 Å². The molecule has 0 unspecified atom stereocenters. The van der Waals surface area contributed by atoms with E-state index >= 15 is 0 Å². The summed E-state index contributed by atoms with van der Waals surface area (Å²) in [6, 6.07) is 0.364. The quantitative estimate of drug-likeness (QED) is 0.780. The van der Waals surface area contributed by atoms with Crippen LogP contribution in [0.3, 0.4) is 0 Å². The summed E-state index contributed by atoms with van der Waals surface area (Å²) in [5, 5.41) is 3.28. The predicted octanol–water partition coefficient (Wildman–Crippen LogP) is 2.61. The molecular formula is C19H30N2O2. The van der Waals surface area contributed by atoms with Crippen LogP contribution >= 0.6 is 0 Å². The largest absolute Gasteiger partial charge is 0.369 e. The summed E-state index contributed by atoms with van der Waals surface area (Å²) in [6.45, 7) is 4.74. The molecule has 4 nitrogen and oxygen atoms in total. The average Bonchev–Trinajstić information content (AvgIpc) is 2.85. The van der Waals surface area contributed by atoms with Crippen molar-refractivity contribution in [3.05, 3.63) is 0 Å². The standard InChI is InChI=1S/C19H30N2O2/c1-18-9-7-13-11(12(18)4-5-14(18)17(20)23)3-6-15-19(13,2)10-8-16(22)21-15/h11-15H,3-10H2,1-2H3,(H2,20,23)(H,21,22)/t11-,12-,13-,14+,15+,18-,19+/m0/s1. The second kappa shape index (κ2) is 4.97. The Morgan fingerprint density at radius 3 is 2.52 bits per heavy atom. The number of amides is 2. The smallest absolute Gasteiger partial charge is 0.221 e. The lowest BCUT2D eigenvalue weighted by molar-refractivity contribution is -0.140. The number of hydrogen-bond acceptors (Lipinski definition) is 2. The molecule has 4 fully saturated rings. The van der Waals surface area contributed by atoms with Crippen molar-refractivity contribution >= 4 is 11.8 Å². The topological polar surface area (TPSA) is 72.2 Å². The molecule has 0 radical (unpaired) electrons. The Balaban J connectivity index is 1.63. The van der Waals surface area contributed by atoms with Crippen molar-refractivity contribution in [1.29, 1.82) is 0 Å². The van der Waals surface area contributed by atoms with Gasteiger partial charge in [-0.25, -0.2) is 0 Å². The van der Waals surface area contributed by atoms with Crippen LogP contribution in [0.2, 0.25) is 0 Å². The zero-order chi connectivity index (χ0) is 16.4. The van der Waals surface area contributed by atoms with E-state index in [9.17, 15) is 9.59 Å². The molecule has 0 aromatic carbocycles. The summed E-state index contributed by atoms with van der Waals surface area (Å²) in [4.78, 5) is 23.7. The fourth-order valence-corrected chi connectivity index (χ4v) is 7.17. The number of rotatable bonds is 1. The number of primary amides is 1. The Morgan fingerprint density at radius 1 is 1.04 bits per heavy atom. The summed E-state index contributed by atoms with van der Waals surface area (Å²) < 4.78 is 0. The number of fused-ring (bicyclic) bond motifs is 5. The highest BCUT2D eigenvalue weighted by Gasteiger charge is 2.61. The third-order valence-corrected chi connectivity index (χ3v) is 8.44. The molecule has 0 aromatic rings. The van der Waals surface area contributed by atoms with E-state index in [0.717, 1.165) is 25.7 Å². The third-order valence-electron chi connectivity index (χ3n) is 8.44. The minimum absolute atomic E-state index is 0.0741. The van der Waals surface area contributed by atoms with Crippen molar-refractivity contribution in [3.63, 3.8) is 0 Å². The maximum Gasteiger partial charge on any atom is 0.221 e. The Morgan fingerprint density at radius 2 is 1.78 bits per heavy atom. The van der Waals surface area contributed by atoms with Crippen molar-refractivity contribution in [2.24, 2.45) is 40.2 Å². The molecule has 0 bridgehead atoms. The minimum atomic E-state index is -0.0849. The first kappa shape index (κ1) is 15.5. The lowest BCUT2D eigenvalue weighted by Crippen LogP contribution is -2.61. The van der Waals surface area contributed by atoms with Crippen LogP contribution < -0.4 is 11.1 Å². The molecule has 3 N–H and O–H groups in total. The average molecular weight is 318 g/mol. The summed E-state index contributed by atoms with van der Waals surface area (Å²) in [7, 11) is 0. The molecule has 0 spiro atoms. The number of nitrogens with two attached hydrogens (primary N) is 1. The van der Waals surface area contributed by atoms with Crippen molar-refractivity contribution in [2.75, 3.05) is 0 Å². The molecule has 3 saturated carbocycles. The van der Waals surface area contributed by atoms with Gasteiger partial charge in [0.2, 0.25) is 11.8 Å². The van der Waals surface area contributed by atoms with Crippen LogP contribution in [-0.2, 0) is 9.59 Å². The molecule has 0 aromatic heterocycles. The monoisotopic (exact) mass is 318 g/mol. The lowest BCUT2D eigenvalue weighted by Gasteiger charge is -2.60. The van der Waals surface area contributed by atoms with Crippen molar-refractivity contribution in [2.45, 2.75) is 71.3 Å². The molecule has 1 saturated heterocycles. The Labute approximate surface area is 138 Å². The van der Waals surface area contributed by atoms with E-state index in [1.54, 1.807) is 0 Å². The van der Waals surface area contributed by atoms with Crippen LogP contribution in [0.25, 0.3) is 0 Å². The van der Waals surface area contributed by atoms with Crippen LogP contribution in [0.15, 0.2) is 0 Å². The van der Waals surface area contributed by atoms with E-state index in [1.165, 1.54) is 19.3 Å². The number of nitrogens with one attached hydrogen (secondary N) is 1. The molecule has 23 heavy (non-hydrogen) atoms. The zero-order valence-corrected chi connectivity index (χ0v) is 14.4. The molecule has 7 atom stereocenters. The van der Waals surface area contributed by atoms with Gasteiger partial charge in [0, 0.05) is 18.4 Å². The molecule has 2 amide bonds.